The Balaban J connectivity index is 2.41. The predicted molar refractivity (Wildman–Crippen MR) is 79.2 cm³/mol. The molecular weight excluding hydrogens is 286 g/mol. The summed E-state index contributed by atoms with van der Waals surface area (Å²) in [4.78, 5) is 38.2. The Morgan fingerprint density at radius 2 is 1.95 bits per heavy atom. The lowest BCUT2D eigenvalue weighted by molar-refractivity contribution is -0.138. The first-order valence-electron chi connectivity index (χ1n) is 7.44. The van der Waals surface area contributed by atoms with Crippen LogP contribution in [0, 0.1) is 0 Å². The summed E-state index contributed by atoms with van der Waals surface area (Å²) in [7, 11) is 1.31. The van der Waals surface area contributed by atoms with Crippen molar-refractivity contribution in [1.29, 1.82) is 0 Å². The van der Waals surface area contributed by atoms with Crippen LogP contribution in [0.2, 0.25) is 0 Å². The second kappa shape index (κ2) is 5.41. The molecule has 2 rings (SSSR count). The standard InChI is InChI=1S/C16H23NO5/c1-10(18)16-8-6-11(13(19)21-5)12(7-9-16)17(16)14(20)22-15(2,3)4/h6,12H,7-9H2,1-5H3/t12-,16-/m1/s1. The van der Waals surface area contributed by atoms with Crippen molar-refractivity contribution in [2.75, 3.05) is 7.11 Å². The Hall–Kier alpha value is -1.85. The number of Topliss-reactive ketones (excluding diaryl/α,β-unsaturated/α-hetero) is 1. The molecule has 0 unspecified atom stereocenters. The molecule has 0 spiro atoms. The van der Waals surface area contributed by atoms with Gasteiger partial charge in [-0.25, -0.2) is 9.59 Å². The van der Waals surface area contributed by atoms with Crippen molar-refractivity contribution in [3.05, 3.63) is 11.6 Å². The molecule has 0 aromatic rings. The lowest BCUT2D eigenvalue weighted by Crippen LogP contribution is -2.58. The van der Waals surface area contributed by atoms with Crippen LogP contribution < -0.4 is 0 Å². The molecule has 1 fully saturated rings. The number of methoxy groups -OCH3 is 1. The molecule has 2 bridgehead atoms. The van der Waals surface area contributed by atoms with Gasteiger partial charge in [0.05, 0.1) is 18.7 Å². The van der Waals surface area contributed by atoms with Gasteiger partial charge in [-0.2, -0.15) is 0 Å². The minimum absolute atomic E-state index is 0.0824. The summed E-state index contributed by atoms with van der Waals surface area (Å²) in [6.07, 6.45) is 2.58. The molecule has 0 aliphatic carbocycles. The van der Waals surface area contributed by atoms with Gasteiger partial charge in [0.1, 0.15) is 11.1 Å². The summed E-state index contributed by atoms with van der Waals surface area (Å²) < 4.78 is 10.2. The molecule has 0 aromatic carbocycles. The van der Waals surface area contributed by atoms with Gasteiger partial charge in [-0.3, -0.25) is 9.69 Å². The second-order valence-electron chi connectivity index (χ2n) is 6.85. The fourth-order valence-corrected chi connectivity index (χ4v) is 3.27. The number of hydrogen-bond acceptors (Lipinski definition) is 5. The second-order valence-corrected chi connectivity index (χ2v) is 6.85. The monoisotopic (exact) mass is 309 g/mol. The molecule has 6 nitrogen and oxygen atoms in total. The van der Waals surface area contributed by atoms with E-state index in [0.29, 0.717) is 24.8 Å². The van der Waals surface area contributed by atoms with E-state index in [1.165, 1.54) is 18.9 Å². The van der Waals surface area contributed by atoms with Crippen LogP contribution in [0.25, 0.3) is 0 Å². The summed E-state index contributed by atoms with van der Waals surface area (Å²) >= 11 is 0. The lowest BCUT2D eigenvalue weighted by Gasteiger charge is -2.42. The zero-order valence-electron chi connectivity index (χ0n) is 13.8. The van der Waals surface area contributed by atoms with Crippen LogP contribution in [-0.4, -0.2) is 47.0 Å². The smallest absolute Gasteiger partial charge is 0.411 e. The number of hydrogen-bond donors (Lipinski definition) is 0. The average Bonchev–Trinajstić information content (AvgIpc) is 2.68. The number of carbonyl (C=O) groups excluding carboxylic acids is 3. The Kier molecular flexibility index (Phi) is 4.06. The van der Waals surface area contributed by atoms with Crippen LogP contribution >= 0.6 is 0 Å². The normalized spacial score (nSPS) is 27.2. The Morgan fingerprint density at radius 3 is 2.45 bits per heavy atom. The third kappa shape index (κ3) is 2.62. The highest BCUT2D eigenvalue weighted by Crippen LogP contribution is 2.45. The highest BCUT2D eigenvalue weighted by atomic mass is 16.6. The highest BCUT2D eigenvalue weighted by molar-refractivity contribution is 5.96. The molecule has 1 saturated heterocycles. The summed E-state index contributed by atoms with van der Waals surface area (Å²) in [5.74, 6) is -0.543. The largest absolute Gasteiger partial charge is 0.466 e. The van der Waals surface area contributed by atoms with E-state index < -0.39 is 29.2 Å². The molecule has 22 heavy (non-hydrogen) atoms. The summed E-state index contributed by atoms with van der Waals surface area (Å²) in [5, 5.41) is 0. The van der Waals surface area contributed by atoms with Crippen LogP contribution in [0.4, 0.5) is 4.79 Å². The van der Waals surface area contributed by atoms with Crippen LogP contribution in [0.1, 0.15) is 47.0 Å². The van der Waals surface area contributed by atoms with Gasteiger partial charge in [0.15, 0.2) is 5.78 Å². The van der Waals surface area contributed by atoms with Gasteiger partial charge in [0.2, 0.25) is 0 Å². The van der Waals surface area contributed by atoms with Gasteiger partial charge in [-0.05, 0) is 47.0 Å². The topological polar surface area (TPSA) is 72.9 Å². The quantitative estimate of drug-likeness (QED) is 0.731. The molecule has 122 valence electrons. The lowest BCUT2D eigenvalue weighted by atomic mass is 9.86. The minimum atomic E-state index is -0.898. The van der Waals surface area contributed by atoms with Crippen LogP contribution in [0.3, 0.4) is 0 Å². The van der Waals surface area contributed by atoms with E-state index in [9.17, 15) is 14.4 Å². The SMILES string of the molecule is COC(=O)C1=CC[C@]2(C(C)=O)CC[C@H]1N2C(=O)OC(C)(C)C. The first-order chi connectivity index (χ1) is 10.1. The molecule has 6 heteroatoms. The fourth-order valence-electron chi connectivity index (χ4n) is 3.27. The van der Waals surface area contributed by atoms with Gasteiger partial charge < -0.3 is 9.47 Å². The number of ether oxygens (including phenoxy) is 2. The number of ketones is 1. The molecule has 2 aliphatic heterocycles. The van der Waals surface area contributed by atoms with E-state index in [0.717, 1.165) is 0 Å². The van der Waals surface area contributed by atoms with Crippen LogP contribution in [0.15, 0.2) is 11.6 Å². The van der Waals surface area contributed by atoms with Crippen molar-refractivity contribution in [1.82, 2.24) is 4.90 Å². The zero-order chi connectivity index (χ0) is 16.7. The third-order valence-corrected chi connectivity index (χ3v) is 4.29. The van der Waals surface area contributed by atoms with Crippen molar-refractivity contribution < 1.29 is 23.9 Å². The van der Waals surface area contributed by atoms with Gasteiger partial charge in [0.25, 0.3) is 0 Å². The summed E-state index contributed by atoms with van der Waals surface area (Å²) in [6.45, 7) is 6.80. The molecule has 1 amide bonds. The van der Waals surface area contributed by atoms with E-state index in [-0.39, 0.29) is 5.78 Å². The zero-order valence-corrected chi connectivity index (χ0v) is 13.8. The Labute approximate surface area is 130 Å². The molecule has 0 aromatic heterocycles. The number of fused-ring (bicyclic) bond motifs is 2. The molecule has 0 N–H and O–H groups in total. The maximum Gasteiger partial charge on any atom is 0.411 e. The van der Waals surface area contributed by atoms with Crippen molar-refractivity contribution in [3.63, 3.8) is 0 Å². The minimum Gasteiger partial charge on any atom is -0.466 e. The Morgan fingerprint density at radius 1 is 1.32 bits per heavy atom. The van der Waals surface area contributed by atoms with E-state index in [1.807, 2.05) is 0 Å². The van der Waals surface area contributed by atoms with E-state index in [2.05, 4.69) is 0 Å². The maximum absolute atomic E-state index is 12.6. The van der Waals surface area contributed by atoms with Crippen molar-refractivity contribution in [2.45, 2.75) is 64.1 Å². The number of rotatable bonds is 2. The van der Waals surface area contributed by atoms with Gasteiger partial charge in [0, 0.05) is 0 Å². The highest BCUT2D eigenvalue weighted by Gasteiger charge is 2.57. The van der Waals surface area contributed by atoms with E-state index in [4.69, 9.17) is 9.47 Å². The Bertz CT molecular complexity index is 545. The number of nitrogens with zero attached hydrogens (tertiary/aromatic N) is 1. The van der Waals surface area contributed by atoms with Gasteiger partial charge >= 0.3 is 12.1 Å². The molecule has 0 saturated carbocycles. The number of esters is 1. The van der Waals surface area contributed by atoms with Crippen LogP contribution in [-0.2, 0) is 19.1 Å². The summed E-state index contributed by atoms with van der Waals surface area (Å²) in [5.41, 5.74) is -1.13. The predicted octanol–water partition coefficient (Wildman–Crippen LogP) is 2.22. The van der Waals surface area contributed by atoms with Gasteiger partial charge in [-0.1, -0.05) is 6.08 Å². The summed E-state index contributed by atoms with van der Waals surface area (Å²) in [6, 6.07) is -0.458. The van der Waals surface area contributed by atoms with Crippen LogP contribution in [0.5, 0.6) is 0 Å². The molecule has 2 aliphatic rings. The van der Waals surface area contributed by atoms with E-state index in [1.54, 1.807) is 26.8 Å². The average molecular weight is 309 g/mol. The van der Waals surface area contributed by atoms with Crippen molar-refractivity contribution >= 4 is 17.8 Å². The maximum atomic E-state index is 12.6. The third-order valence-electron chi connectivity index (χ3n) is 4.29. The first kappa shape index (κ1) is 16.5. The molecule has 2 heterocycles. The molecular formula is C16H23NO5. The van der Waals surface area contributed by atoms with E-state index >= 15 is 0 Å². The fraction of sp³-hybridized carbons (Fsp3) is 0.688. The number of amides is 1. The van der Waals surface area contributed by atoms with Gasteiger partial charge in [-0.15, -0.1) is 0 Å². The molecule has 2 atom stereocenters. The molecule has 0 radical (unpaired) electrons. The first-order valence-corrected chi connectivity index (χ1v) is 7.44. The van der Waals surface area contributed by atoms with Crippen molar-refractivity contribution in [3.8, 4) is 0 Å². The van der Waals surface area contributed by atoms with Crippen molar-refractivity contribution in [2.24, 2.45) is 0 Å². The number of carbonyl (C=O) groups is 3.